The third kappa shape index (κ3) is 4.80. The minimum atomic E-state index is -0.591. The van der Waals surface area contributed by atoms with Gasteiger partial charge in [0.2, 0.25) is 0 Å². The van der Waals surface area contributed by atoms with E-state index in [0.29, 0.717) is 18.8 Å². The summed E-state index contributed by atoms with van der Waals surface area (Å²) < 4.78 is 11.8. The van der Waals surface area contributed by atoms with Crippen molar-refractivity contribution in [1.82, 2.24) is 0 Å². The van der Waals surface area contributed by atoms with Crippen LogP contribution >= 0.6 is 15.9 Å². The van der Waals surface area contributed by atoms with Gasteiger partial charge in [-0.1, -0.05) is 35.3 Å². The Labute approximate surface area is 128 Å². The van der Waals surface area contributed by atoms with Crippen molar-refractivity contribution >= 4 is 21.9 Å². The highest BCUT2D eigenvalue weighted by molar-refractivity contribution is 9.10. The predicted octanol–water partition coefficient (Wildman–Crippen LogP) is 3.58. The molecule has 4 nitrogen and oxygen atoms in total. The minimum absolute atomic E-state index is 0.164. The molecule has 0 aliphatic carbocycles. The van der Waals surface area contributed by atoms with Crippen molar-refractivity contribution in [3.05, 3.63) is 28.2 Å². The highest BCUT2D eigenvalue weighted by Gasteiger charge is 2.22. The number of ether oxygens (including phenoxy) is 2. The standard InChI is InChI=1S/C15H22BrNO3/c1-4-6-13(15(18)19-5-2)20-14-9-11(16)7-8-12(14)10(3)17/h7-10,13H,4-6,17H2,1-3H3/t10-,13?/m1/s1. The number of rotatable bonds is 7. The summed E-state index contributed by atoms with van der Waals surface area (Å²) >= 11 is 3.41. The van der Waals surface area contributed by atoms with Crippen LogP contribution in [0.3, 0.4) is 0 Å². The fourth-order valence-electron chi connectivity index (χ4n) is 1.86. The van der Waals surface area contributed by atoms with Crippen LogP contribution in [0.1, 0.15) is 45.2 Å². The first kappa shape index (κ1) is 17.0. The van der Waals surface area contributed by atoms with Crippen molar-refractivity contribution in [2.24, 2.45) is 5.73 Å². The van der Waals surface area contributed by atoms with E-state index in [1.165, 1.54) is 0 Å². The van der Waals surface area contributed by atoms with E-state index in [2.05, 4.69) is 15.9 Å². The number of hydrogen-bond donors (Lipinski definition) is 1. The van der Waals surface area contributed by atoms with E-state index in [1.807, 2.05) is 32.0 Å². The average Bonchev–Trinajstić information content (AvgIpc) is 2.38. The second kappa shape index (κ2) is 8.27. The highest BCUT2D eigenvalue weighted by atomic mass is 79.9. The number of benzene rings is 1. The van der Waals surface area contributed by atoms with Crippen molar-refractivity contribution in [1.29, 1.82) is 0 Å². The third-order valence-electron chi connectivity index (χ3n) is 2.84. The number of esters is 1. The first-order valence-corrected chi connectivity index (χ1v) is 7.67. The van der Waals surface area contributed by atoms with Crippen LogP contribution in [0.2, 0.25) is 0 Å². The van der Waals surface area contributed by atoms with E-state index in [0.717, 1.165) is 16.5 Å². The van der Waals surface area contributed by atoms with Crippen LogP contribution < -0.4 is 10.5 Å². The largest absolute Gasteiger partial charge is 0.478 e. The molecule has 20 heavy (non-hydrogen) atoms. The Bertz CT molecular complexity index is 449. The van der Waals surface area contributed by atoms with E-state index >= 15 is 0 Å². The summed E-state index contributed by atoms with van der Waals surface area (Å²) in [6.07, 6.45) is 0.862. The van der Waals surface area contributed by atoms with Crippen LogP contribution in [-0.4, -0.2) is 18.7 Å². The lowest BCUT2D eigenvalue weighted by Crippen LogP contribution is -2.30. The molecule has 5 heteroatoms. The molecule has 1 unspecified atom stereocenters. The molecule has 0 bridgehead atoms. The molecule has 0 aromatic heterocycles. The number of carbonyl (C=O) groups is 1. The Hall–Kier alpha value is -1.07. The van der Waals surface area contributed by atoms with Gasteiger partial charge in [-0.3, -0.25) is 0 Å². The Kier molecular flexibility index (Phi) is 7.02. The second-order valence-electron chi connectivity index (χ2n) is 4.62. The first-order valence-electron chi connectivity index (χ1n) is 6.87. The Morgan fingerprint density at radius 3 is 2.65 bits per heavy atom. The number of hydrogen-bond acceptors (Lipinski definition) is 4. The number of carbonyl (C=O) groups excluding carboxylic acids is 1. The molecule has 0 aliphatic rings. The Morgan fingerprint density at radius 1 is 1.40 bits per heavy atom. The first-order chi connectivity index (χ1) is 9.49. The maximum Gasteiger partial charge on any atom is 0.347 e. The maximum absolute atomic E-state index is 11.9. The third-order valence-corrected chi connectivity index (χ3v) is 3.33. The molecule has 0 saturated heterocycles. The van der Waals surface area contributed by atoms with E-state index < -0.39 is 6.10 Å². The average molecular weight is 344 g/mol. The van der Waals surface area contributed by atoms with Gasteiger partial charge < -0.3 is 15.2 Å². The fraction of sp³-hybridized carbons (Fsp3) is 0.533. The van der Waals surface area contributed by atoms with Gasteiger partial charge in [-0.05, 0) is 32.4 Å². The van der Waals surface area contributed by atoms with Crippen molar-refractivity contribution in [3.8, 4) is 5.75 Å². The van der Waals surface area contributed by atoms with Crippen LogP contribution in [0.4, 0.5) is 0 Å². The van der Waals surface area contributed by atoms with Gasteiger partial charge in [0.25, 0.3) is 0 Å². The lowest BCUT2D eigenvalue weighted by atomic mass is 10.1. The van der Waals surface area contributed by atoms with Crippen molar-refractivity contribution in [2.45, 2.75) is 45.8 Å². The highest BCUT2D eigenvalue weighted by Crippen LogP contribution is 2.29. The molecule has 1 rings (SSSR count). The maximum atomic E-state index is 11.9. The molecule has 0 amide bonds. The molecule has 1 aromatic rings. The molecule has 1 aromatic carbocycles. The predicted molar refractivity (Wildman–Crippen MR) is 82.7 cm³/mol. The summed E-state index contributed by atoms with van der Waals surface area (Å²) in [5, 5.41) is 0. The van der Waals surface area contributed by atoms with E-state index in [1.54, 1.807) is 6.92 Å². The Morgan fingerprint density at radius 2 is 2.10 bits per heavy atom. The molecular weight excluding hydrogens is 322 g/mol. The monoisotopic (exact) mass is 343 g/mol. The van der Waals surface area contributed by atoms with Gasteiger partial charge in [0.05, 0.1) is 6.61 Å². The number of halogens is 1. The van der Waals surface area contributed by atoms with Gasteiger partial charge in [-0.15, -0.1) is 0 Å². The number of nitrogens with two attached hydrogens (primary N) is 1. The van der Waals surface area contributed by atoms with Crippen molar-refractivity contribution < 1.29 is 14.3 Å². The molecule has 2 atom stereocenters. The summed E-state index contributed by atoms with van der Waals surface area (Å²) in [4.78, 5) is 11.9. The van der Waals surface area contributed by atoms with Crippen molar-refractivity contribution in [2.75, 3.05) is 6.61 Å². The molecular formula is C15H22BrNO3. The zero-order chi connectivity index (χ0) is 15.1. The van der Waals surface area contributed by atoms with Crippen LogP contribution in [0.25, 0.3) is 0 Å². The van der Waals surface area contributed by atoms with Crippen LogP contribution in [0.5, 0.6) is 5.75 Å². The summed E-state index contributed by atoms with van der Waals surface area (Å²) in [5.74, 6) is 0.297. The Balaban J connectivity index is 2.97. The van der Waals surface area contributed by atoms with Gasteiger partial charge in [0, 0.05) is 16.1 Å². The second-order valence-corrected chi connectivity index (χ2v) is 5.53. The summed E-state index contributed by atoms with van der Waals surface area (Å²) in [6, 6.07) is 5.48. The smallest absolute Gasteiger partial charge is 0.347 e. The molecule has 112 valence electrons. The molecule has 2 N–H and O–H groups in total. The fourth-order valence-corrected chi connectivity index (χ4v) is 2.20. The molecule has 0 aliphatic heterocycles. The SMILES string of the molecule is CCCC(Oc1cc(Br)ccc1[C@@H](C)N)C(=O)OCC. The lowest BCUT2D eigenvalue weighted by Gasteiger charge is -2.20. The molecule has 0 heterocycles. The zero-order valence-corrected chi connectivity index (χ0v) is 13.8. The summed E-state index contributed by atoms with van der Waals surface area (Å²) in [7, 11) is 0. The van der Waals surface area contributed by atoms with Crippen LogP contribution in [0.15, 0.2) is 22.7 Å². The molecule has 0 fully saturated rings. The van der Waals surface area contributed by atoms with E-state index in [4.69, 9.17) is 15.2 Å². The minimum Gasteiger partial charge on any atom is -0.478 e. The van der Waals surface area contributed by atoms with Gasteiger partial charge in [0.15, 0.2) is 6.10 Å². The topological polar surface area (TPSA) is 61.5 Å². The zero-order valence-electron chi connectivity index (χ0n) is 12.2. The van der Waals surface area contributed by atoms with Crippen LogP contribution in [-0.2, 0) is 9.53 Å². The van der Waals surface area contributed by atoms with Crippen LogP contribution in [0, 0.1) is 0 Å². The molecule has 0 radical (unpaired) electrons. The van der Waals surface area contributed by atoms with Gasteiger partial charge in [-0.25, -0.2) is 4.79 Å². The van der Waals surface area contributed by atoms with Gasteiger partial charge in [0.1, 0.15) is 5.75 Å². The summed E-state index contributed by atoms with van der Waals surface area (Å²) in [6.45, 7) is 6.02. The lowest BCUT2D eigenvalue weighted by molar-refractivity contribution is -0.151. The molecule has 0 saturated carbocycles. The summed E-state index contributed by atoms with van der Waals surface area (Å²) in [5.41, 5.74) is 6.81. The van der Waals surface area contributed by atoms with E-state index in [9.17, 15) is 4.79 Å². The normalized spacial score (nSPS) is 13.7. The molecule has 0 spiro atoms. The van der Waals surface area contributed by atoms with E-state index in [-0.39, 0.29) is 12.0 Å². The van der Waals surface area contributed by atoms with Crippen molar-refractivity contribution in [3.63, 3.8) is 0 Å². The quantitative estimate of drug-likeness (QED) is 0.768. The van der Waals surface area contributed by atoms with Gasteiger partial charge >= 0.3 is 5.97 Å². The van der Waals surface area contributed by atoms with Gasteiger partial charge in [-0.2, -0.15) is 0 Å².